The number of pyridine rings is 1. The van der Waals surface area contributed by atoms with Crippen LogP contribution in [0.15, 0.2) is 60.8 Å². The quantitative estimate of drug-likeness (QED) is 0.429. The number of halogens is 1. The van der Waals surface area contributed by atoms with Crippen molar-refractivity contribution in [2.24, 2.45) is 0 Å². The number of hydrogen-bond acceptors (Lipinski definition) is 4. The fraction of sp³-hybridized carbons (Fsp3) is 0.136. The zero-order valence-electron chi connectivity index (χ0n) is 15.5. The summed E-state index contributed by atoms with van der Waals surface area (Å²) in [4.78, 5) is 24.1. The Bertz CT molecular complexity index is 1140. The van der Waals surface area contributed by atoms with E-state index in [1.807, 2.05) is 68.4 Å². The summed E-state index contributed by atoms with van der Waals surface area (Å²) in [5.74, 6) is -0.103. The predicted octanol–water partition coefficient (Wildman–Crippen LogP) is 5.81. The molecule has 2 aromatic heterocycles. The fourth-order valence-electron chi connectivity index (χ4n) is 2.99. The summed E-state index contributed by atoms with van der Waals surface area (Å²) in [6.07, 6.45) is 1.73. The molecule has 6 heteroatoms. The second kappa shape index (κ2) is 7.70. The number of thiazole rings is 1. The molecule has 0 fully saturated rings. The Labute approximate surface area is 172 Å². The van der Waals surface area contributed by atoms with Gasteiger partial charge in [0.25, 0.3) is 5.91 Å². The van der Waals surface area contributed by atoms with Gasteiger partial charge in [-0.2, -0.15) is 0 Å². The van der Waals surface area contributed by atoms with Crippen LogP contribution in [0.25, 0.3) is 10.2 Å². The molecule has 140 valence electrons. The van der Waals surface area contributed by atoms with Crippen molar-refractivity contribution in [3.05, 3.63) is 88.2 Å². The van der Waals surface area contributed by atoms with E-state index in [2.05, 4.69) is 4.98 Å². The Morgan fingerprint density at radius 3 is 2.61 bits per heavy atom. The molecule has 1 amide bonds. The monoisotopic (exact) mass is 407 g/mol. The average molecular weight is 408 g/mol. The lowest BCUT2D eigenvalue weighted by Gasteiger charge is -2.19. The van der Waals surface area contributed by atoms with E-state index in [0.29, 0.717) is 22.3 Å². The van der Waals surface area contributed by atoms with E-state index in [-0.39, 0.29) is 5.91 Å². The lowest BCUT2D eigenvalue weighted by atomic mass is 10.1. The van der Waals surface area contributed by atoms with E-state index in [4.69, 9.17) is 16.6 Å². The zero-order valence-corrected chi connectivity index (χ0v) is 17.1. The van der Waals surface area contributed by atoms with Gasteiger partial charge in [-0.25, -0.2) is 4.98 Å². The number of hydrogen-bond donors (Lipinski definition) is 0. The van der Waals surface area contributed by atoms with Crippen molar-refractivity contribution in [2.45, 2.75) is 20.4 Å². The molecule has 0 saturated carbocycles. The standard InChI is InChI=1S/C22H18ClN3OS/c1-14-6-8-16(9-7-14)21(27)26(13-18-5-3-4-10-24-18)22-25-20-15(2)11-17(23)12-19(20)28-22/h3-12H,13H2,1-2H3. The van der Waals surface area contributed by atoms with Gasteiger partial charge < -0.3 is 0 Å². The van der Waals surface area contributed by atoms with Crippen LogP contribution in [-0.4, -0.2) is 15.9 Å². The number of carbonyl (C=O) groups excluding carboxylic acids is 1. The minimum atomic E-state index is -0.103. The first kappa shape index (κ1) is 18.6. The first-order valence-electron chi connectivity index (χ1n) is 8.86. The molecule has 0 saturated heterocycles. The molecule has 0 unspecified atom stereocenters. The van der Waals surface area contributed by atoms with E-state index >= 15 is 0 Å². The number of benzene rings is 2. The number of anilines is 1. The van der Waals surface area contributed by atoms with E-state index in [9.17, 15) is 4.79 Å². The topological polar surface area (TPSA) is 46.1 Å². The lowest BCUT2D eigenvalue weighted by Crippen LogP contribution is -2.30. The molecule has 0 spiro atoms. The third kappa shape index (κ3) is 3.77. The minimum Gasteiger partial charge on any atom is -0.278 e. The van der Waals surface area contributed by atoms with E-state index < -0.39 is 0 Å². The first-order valence-corrected chi connectivity index (χ1v) is 10.1. The van der Waals surface area contributed by atoms with E-state index in [1.54, 1.807) is 11.1 Å². The van der Waals surface area contributed by atoms with Crippen molar-refractivity contribution in [3.63, 3.8) is 0 Å². The molecule has 4 rings (SSSR count). The number of aryl methyl sites for hydroxylation is 2. The highest BCUT2D eigenvalue weighted by Crippen LogP contribution is 2.34. The molecule has 0 radical (unpaired) electrons. The summed E-state index contributed by atoms with van der Waals surface area (Å²) in [7, 11) is 0. The SMILES string of the molecule is Cc1ccc(C(=O)N(Cc2ccccn2)c2nc3c(C)cc(Cl)cc3s2)cc1. The van der Waals surface area contributed by atoms with Gasteiger partial charge in [0.15, 0.2) is 5.13 Å². The van der Waals surface area contributed by atoms with Gasteiger partial charge in [0.05, 0.1) is 22.5 Å². The highest BCUT2D eigenvalue weighted by molar-refractivity contribution is 7.22. The molecule has 0 atom stereocenters. The Morgan fingerprint density at radius 2 is 1.89 bits per heavy atom. The van der Waals surface area contributed by atoms with Gasteiger partial charge in [-0.15, -0.1) is 0 Å². The van der Waals surface area contributed by atoms with Crippen molar-refractivity contribution in [3.8, 4) is 0 Å². The molecule has 0 bridgehead atoms. The molecular formula is C22H18ClN3OS. The molecule has 0 aliphatic rings. The summed E-state index contributed by atoms with van der Waals surface area (Å²) in [5, 5.41) is 1.30. The van der Waals surface area contributed by atoms with Gasteiger partial charge >= 0.3 is 0 Å². The lowest BCUT2D eigenvalue weighted by molar-refractivity contribution is 0.0985. The number of aromatic nitrogens is 2. The molecule has 0 N–H and O–H groups in total. The highest BCUT2D eigenvalue weighted by Gasteiger charge is 2.22. The van der Waals surface area contributed by atoms with Gasteiger partial charge in [-0.1, -0.05) is 46.7 Å². The summed E-state index contributed by atoms with van der Waals surface area (Å²) in [6.45, 7) is 4.32. The van der Waals surface area contributed by atoms with Crippen LogP contribution in [0.3, 0.4) is 0 Å². The molecule has 0 aliphatic heterocycles. The summed E-state index contributed by atoms with van der Waals surface area (Å²) in [5.41, 5.74) is 4.39. The Hall–Kier alpha value is -2.76. The third-order valence-corrected chi connectivity index (χ3v) is 5.70. The summed E-state index contributed by atoms with van der Waals surface area (Å²) in [6, 6.07) is 17.0. The second-order valence-electron chi connectivity index (χ2n) is 6.64. The second-order valence-corrected chi connectivity index (χ2v) is 8.09. The van der Waals surface area contributed by atoms with Gasteiger partial charge in [-0.05, 0) is 55.8 Å². The van der Waals surface area contributed by atoms with Gasteiger partial charge in [0, 0.05) is 16.8 Å². The molecule has 28 heavy (non-hydrogen) atoms. The van der Waals surface area contributed by atoms with Crippen LogP contribution in [0.4, 0.5) is 5.13 Å². The Balaban J connectivity index is 1.79. The maximum atomic E-state index is 13.3. The number of carbonyl (C=O) groups is 1. The predicted molar refractivity (Wildman–Crippen MR) is 115 cm³/mol. The zero-order chi connectivity index (χ0) is 19.7. The molecule has 0 aliphatic carbocycles. The van der Waals surface area contributed by atoms with Gasteiger partial charge in [0.2, 0.25) is 0 Å². The van der Waals surface area contributed by atoms with Crippen LogP contribution >= 0.6 is 22.9 Å². The van der Waals surface area contributed by atoms with Crippen LogP contribution in [0.1, 0.15) is 27.2 Å². The third-order valence-electron chi connectivity index (χ3n) is 4.46. The maximum absolute atomic E-state index is 13.3. The molecule has 2 aromatic carbocycles. The largest absolute Gasteiger partial charge is 0.278 e. The van der Waals surface area contributed by atoms with Gasteiger partial charge in [0.1, 0.15) is 0 Å². The number of rotatable bonds is 4. The molecule has 4 aromatic rings. The van der Waals surface area contributed by atoms with Crippen molar-refractivity contribution < 1.29 is 4.79 Å². The highest BCUT2D eigenvalue weighted by atomic mass is 35.5. The average Bonchev–Trinajstić information content (AvgIpc) is 3.11. The van der Waals surface area contributed by atoms with Crippen LogP contribution < -0.4 is 4.90 Å². The number of nitrogens with zero attached hydrogens (tertiary/aromatic N) is 3. The first-order chi connectivity index (χ1) is 13.5. The van der Waals surface area contributed by atoms with Crippen molar-refractivity contribution in [2.75, 3.05) is 4.90 Å². The Morgan fingerprint density at radius 1 is 1.11 bits per heavy atom. The van der Waals surface area contributed by atoms with E-state index in [0.717, 1.165) is 27.0 Å². The molecule has 4 nitrogen and oxygen atoms in total. The van der Waals surface area contributed by atoms with Crippen molar-refractivity contribution >= 4 is 44.2 Å². The fourth-order valence-corrected chi connectivity index (χ4v) is 4.41. The number of amides is 1. The summed E-state index contributed by atoms with van der Waals surface area (Å²) >= 11 is 7.67. The van der Waals surface area contributed by atoms with Crippen molar-refractivity contribution in [1.29, 1.82) is 0 Å². The van der Waals surface area contributed by atoms with Crippen LogP contribution in [0.5, 0.6) is 0 Å². The smallest absolute Gasteiger partial charge is 0.260 e. The number of fused-ring (bicyclic) bond motifs is 1. The van der Waals surface area contributed by atoms with Crippen LogP contribution in [0.2, 0.25) is 5.02 Å². The summed E-state index contributed by atoms with van der Waals surface area (Å²) < 4.78 is 0.961. The minimum absolute atomic E-state index is 0.103. The van der Waals surface area contributed by atoms with Crippen molar-refractivity contribution in [1.82, 2.24) is 9.97 Å². The maximum Gasteiger partial charge on any atom is 0.260 e. The normalized spacial score (nSPS) is 11.0. The van der Waals surface area contributed by atoms with Crippen LogP contribution in [-0.2, 0) is 6.54 Å². The van der Waals surface area contributed by atoms with Gasteiger partial charge in [-0.3, -0.25) is 14.7 Å². The molecule has 2 heterocycles. The van der Waals surface area contributed by atoms with E-state index in [1.165, 1.54) is 11.3 Å². The Kier molecular flexibility index (Phi) is 5.11. The molecular weight excluding hydrogens is 390 g/mol. The van der Waals surface area contributed by atoms with Crippen LogP contribution in [0, 0.1) is 13.8 Å².